The number of anilines is 1. The molecule has 4 heteroatoms. The van der Waals surface area contributed by atoms with Crippen LogP contribution < -0.4 is 4.90 Å². The number of rotatable bonds is 2. The number of hydrogen-bond acceptors (Lipinski definition) is 4. The molecule has 1 aliphatic heterocycles. The predicted octanol–water partition coefficient (Wildman–Crippen LogP) is 1.60. The van der Waals surface area contributed by atoms with Gasteiger partial charge in [-0.15, -0.1) is 5.10 Å². The lowest BCUT2D eigenvalue weighted by Gasteiger charge is -2.37. The molecule has 2 rings (SSSR count). The molecule has 1 N–H and O–H groups in total. The van der Waals surface area contributed by atoms with E-state index in [0.717, 1.165) is 18.9 Å². The fourth-order valence-electron chi connectivity index (χ4n) is 1.95. The van der Waals surface area contributed by atoms with Crippen molar-refractivity contribution in [1.29, 1.82) is 0 Å². The molecule has 0 saturated carbocycles. The normalized spacial score (nSPS) is 19.8. The molecule has 0 aliphatic carbocycles. The van der Waals surface area contributed by atoms with Crippen molar-refractivity contribution >= 4 is 5.82 Å². The molecule has 0 spiro atoms. The summed E-state index contributed by atoms with van der Waals surface area (Å²) in [6, 6.07) is 3.78. The molecular weight excluding hydrogens is 202 g/mol. The first-order valence-electron chi connectivity index (χ1n) is 5.79. The second-order valence-corrected chi connectivity index (χ2v) is 5.19. The van der Waals surface area contributed by atoms with E-state index in [-0.39, 0.29) is 6.61 Å². The minimum Gasteiger partial charge on any atom is -0.390 e. The third-order valence-electron chi connectivity index (χ3n) is 3.31. The lowest BCUT2D eigenvalue weighted by Crippen LogP contribution is -2.37. The molecule has 0 amide bonds. The molecule has 1 aromatic rings. The Bertz CT molecular complexity index is 338. The summed E-state index contributed by atoms with van der Waals surface area (Å²) in [7, 11) is 0. The summed E-state index contributed by atoms with van der Waals surface area (Å²) >= 11 is 0. The van der Waals surface area contributed by atoms with Crippen LogP contribution in [0, 0.1) is 5.41 Å². The van der Waals surface area contributed by atoms with Gasteiger partial charge in [0.05, 0.1) is 12.3 Å². The SMILES string of the molecule is CC1(C)CCN(c2ccc(CO)nn2)CC1. The van der Waals surface area contributed by atoms with Crippen LogP contribution in [0.15, 0.2) is 12.1 Å². The maximum absolute atomic E-state index is 8.89. The first kappa shape index (κ1) is 11.3. The number of hydrogen-bond donors (Lipinski definition) is 1. The Morgan fingerprint density at radius 3 is 2.44 bits per heavy atom. The molecule has 0 radical (unpaired) electrons. The van der Waals surface area contributed by atoms with Crippen LogP contribution in [0.3, 0.4) is 0 Å². The monoisotopic (exact) mass is 221 g/mol. The highest BCUT2D eigenvalue weighted by molar-refractivity contribution is 5.37. The van der Waals surface area contributed by atoms with E-state index in [9.17, 15) is 0 Å². The van der Waals surface area contributed by atoms with Gasteiger partial charge < -0.3 is 10.0 Å². The zero-order valence-electron chi connectivity index (χ0n) is 9.98. The summed E-state index contributed by atoms with van der Waals surface area (Å²) < 4.78 is 0. The van der Waals surface area contributed by atoms with E-state index in [1.165, 1.54) is 12.8 Å². The molecule has 0 aromatic carbocycles. The van der Waals surface area contributed by atoms with Crippen LogP contribution >= 0.6 is 0 Å². The Kier molecular flexibility index (Phi) is 3.10. The quantitative estimate of drug-likeness (QED) is 0.824. The van der Waals surface area contributed by atoms with Crippen LogP contribution in [0.25, 0.3) is 0 Å². The van der Waals surface area contributed by atoms with E-state index in [4.69, 9.17) is 5.11 Å². The topological polar surface area (TPSA) is 49.2 Å². The number of aromatic nitrogens is 2. The van der Waals surface area contributed by atoms with Crippen molar-refractivity contribution in [3.8, 4) is 0 Å². The van der Waals surface area contributed by atoms with E-state index in [1.54, 1.807) is 0 Å². The first-order valence-corrected chi connectivity index (χ1v) is 5.79. The average Bonchev–Trinajstić information content (AvgIpc) is 2.29. The summed E-state index contributed by atoms with van der Waals surface area (Å²) in [6.07, 6.45) is 2.38. The average molecular weight is 221 g/mol. The Labute approximate surface area is 96.3 Å². The molecule has 0 atom stereocenters. The van der Waals surface area contributed by atoms with Gasteiger partial charge >= 0.3 is 0 Å². The highest BCUT2D eigenvalue weighted by Crippen LogP contribution is 2.31. The Morgan fingerprint density at radius 2 is 1.94 bits per heavy atom. The molecule has 16 heavy (non-hydrogen) atoms. The van der Waals surface area contributed by atoms with Gasteiger partial charge in [0, 0.05) is 13.1 Å². The summed E-state index contributed by atoms with van der Waals surface area (Å²) in [5.74, 6) is 0.924. The van der Waals surface area contributed by atoms with Gasteiger partial charge in [0.1, 0.15) is 0 Å². The fourth-order valence-corrected chi connectivity index (χ4v) is 1.95. The summed E-state index contributed by atoms with van der Waals surface area (Å²) in [6.45, 7) is 6.66. The van der Waals surface area contributed by atoms with Crippen molar-refractivity contribution < 1.29 is 5.11 Å². The molecule has 4 nitrogen and oxygen atoms in total. The van der Waals surface area contributed by atoms with Gasteiger partial charge in [-0.2, -0.15) is 5.10 Å². The van der Waals surface area contributed by atoms with Crippen LogP contribution in [-0.2, 0) is 6.61 Å². The largest absolute Gasteiger partial charge is 0.390 e. The molecule has 1 fully saturated rings. The van der Waals surface area contributed by atoms with E-state index in [1.807, 2.05) is 12.1 Å². The van der Waals surface area contributed by atoms with Gasteiger partial charge in [0.2, 0.25) is 0 Å². The van der Waals surface area contributed by atoms with Gasteiger partial charge in [-0.05, 0) is 30.4 Å². The minimum absolute atomic E-state index is 0.0414. The molecule has 88 valence electrons. The zero-order chi connectivity index (χ0) is 11.6. The smallest absolute Gasteiger partial charge is 0.151 e. The fraction of sp³-hybridized carbons (Fsp3) is 0.667. The van der Waals surface area contributed by atoms with Gasteiger partial charge in [-0.1, -0.05) is 13.8 Å². The number of piperidine rings is 1. The van der Waals surface area contributed by atoms with Crippen molar-refractivity contribution in [1.82, 2.24) is 10.2 Å². The number of aliphatic hydroxyl groups is 1. The Morgan fingerprint density at radius 1 is 1.25 bits per heavy atom. The van der Waals surface area contributed by atoms with Crippen molar-refractivity contribution in [3.63, 3.8) is 0 Å². The highest BCUT2D eigenvalue weighted by Gasteiger charge is 2.25. The second kappa shape index (κ2) is 4.37. The Balaban J connectivity index is 2.03. The van der Waals surface area contributed by atoms with Gasteiger partial charge in [0.15, 0.2) is 5.82 Å². The Hall–Kier alpha value is -1.16. The van der Waals surface area contributed by atoms with Gasteiger partial charge in [0.25, 0.3) is 0 Å². The van der Waals surface area contributed by atoms with Gasteiger partial charge in [-0.3, -0.25) is 0 Å². The van der Waals surface area contributed by atoms with Crippen LogP contribution in [0.1, 0.15) is 32.4 Å². The van der Waals surface area contributed by atoms with Crippen LogP contribution in [0.5, 0.6) is 0 Å². The minimum atomic E-state index is -0.0414. The standard InChI is InChI=1S/C12H19N3O/c1-12(2)5-7-15(8-6-12)11-4-3-10(9-16)13-14-11/h3-4,16H,5-9H2,1-2H3. The third-order valence-corrected chi connectivity index (χ3v) is 3.31. The molecule has 0 bridgehead atoms. The van der Waals surface area contributed by atoms with E-state index < -0.39 is 0 Å². The third kappa shape index (κ3) is 2.50. The maximum atomic E-state index is 8.89. The summed E-state index contributed by atoms with van der Waals surface area (Å²) in [5, 5.41) is 17.0. The molecule has 1 aromatic heterocycles. The van der Waals surface area contributed by atoms with E-state index in [2.05, 4.69) is 28.9 Å². The molecule has 1 saturated heterocycles. The van der Waals surface area contributed by atoms with Crippen molar-refractivity contribution in [3.05, 3.63) is 17.8 Å². The summed E-state index contributed by atoms with van der Waals surface area (Å²) in [5.41, 5.74) is 1.08. The van der Waals surface area contributed by atoms with Gasteiger partial charge in [-0.25, -0.2) is 0 Å². The van der Waals surface area contributed by atoms with Crippen molar-refractivity contribution in [2.75, 3.05) is 18.0 Å². The van der Waals surface area contributed by atoms with Crippen LogP contribution in [0.4, 0.5) is 5.82 Å². The van der Waals surface area contributed by atoms with E-state index in [0.29, 0.717) is 11.1 Å². The lowest BCUT2D eigenvalue weighted by atomic mass is 9.83. The van der Waals surface area contributed by atoms with Crippen LogP contribution in [0.2, 0.25) is 0 Å². The first-order chi connectivity index (χ1) is 7.61. The number of nitrogens with zero attached hydrogens (tertiary/aromatic N) is 3. The zero-order valence-corrected chi connectivity index (χ0v) is 9.98. The van der Waals surface area contributed by atoms with Crippen molar-refractivity contribution in [2.24, 2.45) is 5.41 Å². The molecular formula is C12H19N3O. The summed E-state index contributed by atoms with van der Waals surface area (Å²) in [4.78, 5) is 2.26. The molecule has 2 heterocycles. The number of aliphatic hydroxyl groups excluding tert-OH is 1. The molecule has 1 aliphatic rings. The predicted molar refractivity (Wildman–Crippen MR) is 63.2 cm³/mol. The lowest BCUT2D eigenvalue weighted by molar-refractivity contribution is 0.274. The van der Waals surface area contributed by atoms with Crippen molar-refractivity contribution in [2.45, 2.75) is 33.3 Å². The van der Waals surface area contributed by atoms with Crippen LogP contribution in [-0.4, -0.2) is 28.4 Å². The maximum Gasteiger partial charge on any atom is 0.151 e. The second-order valence-electron chi connectivity index (χ2n) is 5.19. The molecule has 0 unspecified atom stereocenters. The van der Waals surface area contributed by atoms with E-state index >= 15 is 0 Å². The highest BCUT2D eigenvalue weighted by atomic mass is 16.3.